The smallest absolute Gasteiger partial charge is 0.0521 e. The number of likely N-dealkylation sites (N-methyl/N-ethyl adjacent to an activating group) is 1. The molecule has 0 spiro atoms. The highest BCUT2D eigenvalue weighted by molar-refractivity contribution is 7.09. The van der Waals surface area contributed by atoms with E-state index in [-0.39, 0.29) is 0 Å². The lowest BCUT2D eigenvalue weighted by atomic mass is 9.94. The molecule has 1 fully saturated rings. The van der Waals surface area contributed by atoms with Gasteiger partial charge in [-0.15, -0.1) is 11.3 Å². The van der Waals surface area contributed by atoms with Crippen LogP contribution in [0.4, 0.5) is 0 Å². The van der Waals surface area contributed by atoms with Crippen molar-refractivity contribution in [3.63, 3.8) is 0 Å². The van der Waals surface area contributed by atoms with Gasteiger partial charge in [-0.2, -0.15) is 0 Å². The van der Waals surface area contributed by atoms with Crippen LogP contribution in [0.2, 0.25) is 0 Å². The van der Waals surface area contributed by atoms with Crippen molar-refractivity contribution < 1.29 is 4.74 Å². The number of ether oxygens (including phenoxy) is 1. The van der Waals surface area contributed by atoms with Gasteiger partial charge in [0.2, 0.25) is 0 Å². The molecule has 0 amide bonds. The summed E-state index contributed by atoms with van der Waals surface area (Å²) in [5, 5.41) is 5.78. The maximum atomic E-state index is 5.68. The molecule has 3 atom stereocenters. The molecule has 0 aromatic carbocycles. The zero-order chi connectivity index (χ0) is 14.4. The molecule has 3 unspecified atom stereocenters. The van der Waals surface area contributed by atoms with Gasteiger partial charge in [0, 0.05) is 36.0 Å². The van der Waals surface area contributed by atoms with E-state index in [1.54, 1.807) is 0 Å². The molecule has 1 aromatic rings. The van der Waals surface area contributed by atoms with Gasteiger partial charge in [-0.05, 0) is 44.8 Å². The van der Waals surface area contributed by atoms with Crippen LogP contribution in [-0.2, 0) is 11.2 Å². The van der Waals surface area contributed by atoms with Crippen molar-refractivity contribution in [3.05, 3.63) is 22.4 Å². The Labute approximate surface area is 127 Å². The second-order valence-electron chi connectivity index (χ2n) is 5.86. The van der Waals surface area contributed by atoms with Crippen molar-refractivity contribution in [2.75, 3.05) is 33.4 Å². The molecule has 1 saturated heterocycles. The van der Waals surface area contributed by atoms with Crippen LogP contribution in [-0.4, -0.2) is 50.3 Å². The minimum Gasteiger partial charge on any atom is -0.381 e. The highest BCUT2D eigenvalue weighted by atomic mass is 32.1. The summed E-state index contributed by atoms with van der Waals surface area (Å²) in [7, 11) is 2.25. The Morgan fingerprint density at radius 1 is 1.55 bits per heavy atom. The lowest BCUT2D eigenvalue weighted by Gasteiger charge is -2.36. The Kier molecular flexibility index (Phi) is 6.49. The third kappa shape index (κ3) is 4.55. The van der Waals surface area contributed by atoms with Gasteiger partial charge in [-0.25, -0.2) is 0 Å². The van der Waals surface area contributed by atoms with Crippen molar-refractivity contribution >= 4 is 11.3 Å². The van der Waals surface area contributed by atoms with Crippen molar-refractivity contribution in [3.8, 4) is 0 Å². The van der Waals surface area contributed by atoms with Gasteiger partial charge in [0.15, 0.2) is 0 Å². The van der Waals surface area contributed by atoms with E-state index in [2.05, 4.69) is 48.6 Å². The normalized spacial score (nSPS) is 25.0. The Bertz CT molecular complexity index is 367. The first-order chi connectivity index (χ1) is 9.70. The zero-order valence-electron chi connectivity index (χ0n) is 13.0. The Morgan fingerprint density at radius 2 is 2.40 bits per heavy atom. The number of hydrogen-bond donors (Lipinski definition) is 1. The maximum absolute atomic E-state index is 5.68. The van der Waals surface area contributed by atoms with E-state index in [1.165, 1.54) is 4.88 Å². The fraction of sp³-hybridized carbons (Fsp3) is 0.750. The largest absolute Gasteiger partial charge is 0.381 e. The predicted molar refractivity (Wildman–Crippen MR) is 86.5 cm³/mol. The predicted octanol–water partition coefficient (Wildman–Crippen LogP) is 2.63. The molecular weight excluding hydrogens is 268 g/mol. The summed E-state index contributed by atoms with van der Waals surface area (Å²) < 4.78 is 5.68. The number of hydrogen-bond acceptors (Lipinski definition) is 4. The summed E-state index contributed by atoms with van der Waals surface area (Å²) in [4.78, 5) is 3.97. The van der Waals surface area contributed by atoms with E-state index in [1.807, 2.05) is 11.3 Å². The second kappa shape index (κ2) is 8.13. The topological polar surface area (TPSA) is 24.5 Å². The highest BCUT2D eigenvalue weighted by Crippen LogP contribution is 2.19. The van der Waals surface area contributed by atoms with Gasteiger partial charge in [0.05, 0.1) is 6.61 Å². The first kappa shape index (κ1) is 16.0. The van der Waals surface area contributed by atoms with Crippen LogP contribution in [0.25, 0.3) is 0 Å². The number of nitrogens with zero attached hydrogens (tertiary/aromatic N) is 1. The Morgan fingerprint density at radius 3 is 3.10 bits per heavy atom. The van der Waals surface area contributed by atoms with E-state index in [0.29, 0.717) is 18.0 Å². The summed E-state index contributed by atoms with van der Waals surface area (Å²) >= 11 is 1.86. The van der Waals surface area contributed by atoms with Crippen molar-refractivity contribution in [2.45, 2.75) is 38.8 Å². The number of nitrogens with one attached hydrogen (secondary N) is 1. The summed E-state index contributed by atoms with van der Waals surface area (Å²) in [6.45, 7) is 8.48. The molecule has 0 saturated carbocycles. The van der Waals surface area contributed by atoms with Crippen LogP contribution in [0.5, 0.6) is 0 Å². The molecular formula is C16H28N2OS. The average molecular weight is 296 g/mol. The lowest BCUT2D eigenvalue weighted by Crippen LogP contribution is -2.48. The lowest BCUT2D eigenvalue weighted by molar-refractivity contribution is 0.0159. The van der Waals surface area contributed by atoms with Gasteiger partial charge >= 0.3 is 0 Å². The summed E-state index contributed by atoms with van der Waals surface area (Å²) in [6, 6.07) is 5.58. The van der Waals surface area contributed by atoms with Crippen molar-refractivity contribution in [1.29, 1.82) is 0 Å². The highest BCUT2D eigenvalue weighted by Gasteiger charge is 2.27. The average Bonchev–Trinajstić information content (AvgIpc) is 2.94. The first-order valence-corrected chi connectivity index (χ1v) is 8.62. The molecule has 0 bridgehead atoms. The SMILES string of the molecule is CCNC1CCOCC1CN(C)C(C)Cc1cccs1. The van der Waals surface area contributed by atoms with E-state index in [0.717, 1.165) is 39.1 Å². The summed E-state index contributed by atoms with van der Waals surface area (Å²) in [5.41, 5.74) is 0. The molecule has 2 rings (SSSR count). The third-order valence-corrected chi connectivity index (χ3v) is 5.19. The van der Waals surface area contributed by atoms with Crippen LogP contribution < -0.4 is 5.32 Å². The minimum atomic E-state index is 0.581. The van der Waals surface area contributed by atoms with Crippen LogP contribution in [0.1, 0.15) is 25.1 Å². The van der Waals surface area contributed by atoms with Gasteiger partial charge in [-0.1, -0.05) is 13.0 Å². The molecule has 3 nitrogen and oxygen atoms in total. The maximum Gasteiger partial charge on any atom is 0.0521 e. The molecule has 0 radical (unpaired) electrons. The number of thiophene rings is 1. The van der Waals surface area contributed by atoms with Crippen LogP contribution in [0.15, 0.2) is 17.5 Å². The third-order valence-electron chi connectivity index (χ3n) is 4.29. The van der Waals surface area contributed by atoms with E-state index >= 15 is 0 Å². The van der Waals surface area contributed by atoms with Crippen LogP contribution in [0, 0.1) is 5.92 Å². The first-order valence-electron chi connectivity index (χ1n) is 7.74. The molecule has 1 aromatic heterocycles. The minimum absolute atomic E-state index is 0.581. The van der Waals surface area contributed by atoms with Crippen LogP contribution in [0.3, 0.4) is 0 Å². The molecule has 2 heterocycles. The van der Waals surface area contributed by atoms with Gasteiger partial charge in [0.1, 0.15) is 0 Å². The fourth-order valence-corrected chi connectivity index (χ4v) is 3.76. The molecule has 20 heavy (non-hydrogen) atoms. The second-order valence-corrected chi connectivity index (χ2v) is 6.89. The quantitative estimate of drug-likeness (QED) is 0.837. The molecule has 1 N–H and O–H groups in total. The Hall–Kier alpha value is -0.420. The fourth-order valence-electron chi connectivity index (χ4n) is 2.93. The standard InChI is InChI=1S/C16H28N2OS/c1-4-17-16-7-8-19-12-14(16)11-18(3)13(2)10-15-6-5-9-20-15/h5-6,9,13-14,16-17H,4,7-8,10-12H2,1-3H3. The molecule has 1 aliphatic heterocycles. The van der Waals surface area contributed by atoms with E-state index in [9.17, 15) is 0 Å². The molecule has 0 aliphatic carbocycles. The van der Waals surface area contributed by atoms with Crippen LogP contribution >= 0.6 is 11.3 Å². The zero-order valence-corrected chi connectivity index (χ0v) is 13.8. The summed E-state index contributed by atoms with van der Waals surface area (Å²) in [6.07, 6.45) is 2.29. The van der Waals surface area contributed by atoms with Gasteiger partial charge in [0.25, 0.3) is 0 Å². The molecule has 1 aliphatic rings. The van der Waals surface area contributed by atoms with Gasteiger partial charge in [-0.3, -0.25) is 0 Å². The Balaban J connectivity index is 1.83. The van der Waals surface area contributed by atoms with Gasteiger partial charge < -0.3 is 15.0 Å². The summed E-state index contributed by atoms with van der Waals surface area (Å²) in [5.74, 6) is 0.611. The van der Waals surface area contributed by atoms with E-state index < -0.39 is 0 Å². The van der Waals surface area contributed by atoms with Crippen molar-refractivity contribution in [1.82, 2.24) is 10.2 Å². The monoisotopic (exact) mass is 296 g/mol. The van der Waals surface area contributed by atoms with Crippen molar-refractivity contribution in [2.24, 2.45) is 5.92 Å². The number of rotatable bonds is 7. The van der Waals surface area contributed by atoms with E-state index in [4.69, 9.17) is 4.74 Å². The molecule has 114 valence electrons. The molecule has 4 heteroatoms.